The van der Waals surface area contributed by atoms with Gasteiger partial charge in [0.25, 0.3) is 11.8 Å². The zero-order valence-electron chi connectivity index (χ0n) is 15.8. The Morgan fingerprint density at radius 3 is 2.58 bits per heavy atom. The highest BCUT2D eigenvalue weighted by atomic mass is 16.2. The lowest BCUT2D eigenvalue weighted by molar-refractivity contribution is 0.0951. The van der Waals surface area contributed by atoms with Crippen molar-refractivity contribution in [1.82, 2.24) is 15.2 Å². The van der Waals surface area contributed by atoms with Gasteiger partial charge in [-0.05, 0) is 57.8 Å². The zero-order valence-corrected chi connectivity index (χ0v) is 15.8. The number of benzene rings is 1. The molecule has 1 N–H and O–H groups in total. The number of rotatable bonds is 7. The second-order valence-electron chi connectivity index (χ2n) is 6.38. The van der Waals surface area contributed by atoms with Crippen LogP contribution in [0.1, 0.15) is 33.3 Å². The Hall–Kier alpha value is -2.73. The third-order valence-corrected chi connectivity index (χ3v) is 3.96. The Balaban J connectivity index is 2.17. The third-order valence-electron chi connectivity index (χ3n) is 3.96. The number of nitrogens with one attached hydrogen (secondary N) is 1. The van der Waals surface area contributed by atoms with Gasteiger partial charge < -0.3 is 15.1 Å². The summed E-state index contributed by atoms with van der Waals surface area (Å²) in [5, 5.41) is 2.85. The number of nitrogens with zero attached hydrogens (tertiary/aromatic N) is 3. The number of carbonyl (C=O) groups is 2. The van der Waals surface area contributed by atoms with Crippen LogP contribution in [0.15, 0.2) is 42.6 Å². The lowest BCUT2D eigenvalue weighted by Gasteiger charge is -2.21. The van der Waals surface area contributed by atoms with E-state index in [-0.39, 0.29) is 17.5 Å². The number of hydrogen-bond donors (Lipinski definition) is 1. The molecule has 0 radical (unpaired) electrons. The Morgan fingerprint density at radius 2 is 1.92 bits per heavy atom. The van der Waals surface area contributed by atoms with Crippen LogP contribution in [-0.4, -0.2) is 55.4 Å². The van der Waals surface area contributed by atoms with E-state index in [0.29, 0.717) is 18.7 Å². The Bertz CT molecular complexity index is 774. The van der Waals surface area contributed by atoms with Crippen LogP contribution in [-0.2, 0) is 0 Å². The predicted molar refractivity (Wildman–Crippen MR) is 104 cm³/mol. The molecular weight excluding hydrogens is 328 g/mol. The first-order valence-corrected chi connectivity index (χ1v) is 8.70. The highest BCUT2D eigenvalue weighted by Gasteiger charge is 2.19. The van der Waals surface area contributed by atoms with Gasteiger partial charge in [0.05, 0.1) is 0 Å². The number of aromatic nitrogens is 1. The van der Waals surface area contributed by atoms with Crippen LogP contribution >= 0.6 is 0 Å². The van der Waals surface area contributed by atoms with Crippen molar-refractivity contribution >= 4 is 17.5 Å². The summed E-state index contributed by atoms with van der Waals surface area (Å²) in [5.41, 5.74) is 2.59. The number of anilines is 1. The molecule has 0 saturated carbocycles. The molecule has 0 saturated heterocycles. The van der Waals surface area contributed by atoms with Gasteiger partial charge in [-0.1, -0.05) is 12.1 Å². The van der Waals surface area contributed by atoms with Crippen molar-refractivity contribution in [2.24, 2.45) is 0 Å². The highest BCUT2D eigenvalue weighted by molar-refractivity contribution is 6.06. The van der Waals surface area contributed by atoms with Crippen LogP contribution in [0, 0.1) is 6.92 Å². The third kappa shape index (κ3) is 5.13. The normalized spacial score (nSPS) is 10.7. The van der Waals surface area contributed by atoms with Gasteiger partial charge in [-0.25, -0.2) is 0 Å². The average molecular weight is 354 g/mol. The number of pyridine rings is 1. The Morgan fingerprint density at radius 1 is 1.15 bits per heavy atom. The SMILES string of the molecule is CCN(C(=O)c1cc(C(=O)NCCN(C)C)ccn1)c1cccc(C)c1. The lowest BCUT2D eigenvalue weighted by atomic mass is 10.1. The molecule has 0 bridgehead atoms. The fourth-order valence-electron chi connectivity index (χ4n) is 2.56. The Labute approximate surface area is 154 Å². The summed E-state index contributed by atoms with van der Waals surface area (Å²) >= 11 is 0. The predicted octanol–water partition coefficient (Wildman–Crippen LogP) is 2.35. The number of amides is 2. The van der Waals surface area contributed by atoms with E-state index in [1.165, 1.54) is 6.20 Å². The van der Waals surface area contributed by atoms with Crippen molar-refractivity contribution in [1.29, 1.82) is 0 Å². The Kier molecular flexibility index (Phi) is 6.86. The molecule has 0 aliphatic rings. The monoisotopic (exact) mass is 354 g/mol. The maximum absolute atomic E-state index is 12.9. The minimum Gasteiger partial charge on any atom is -0.351 e. The molecule has 6 nitrogen and oxygen atoms in total. The number of likely N-dealkylation sites (N-methyl/N-ethyl adjacent to an activating group) is 1. The molecule has 0 aliphatic heterocycles. The second kappa shape index (κ2) is 9.10. The molecule has 138 valence electrons. The molecule has 0 aliphatic carbocycles. The fraction of sp³-hybridized carbons (Fsp3) is 0.350. The van der Waals surface area contributed by atoms with E-state index in [4.69, 9.17) is 0 Å². The van der Waals surface area contributed by atoms with E-state index in [9.17, 15) is 9.59 Å². The van der Waals surface area contributed by atoms with E-state index in [1.54, 1.807) is 17.0 Å². The van der Waals surface area contributed by atoms with Gasteiger partial charge in [-0.2, -0.15) is 0 Å². The average Bonchev–Trinajstić information content (AvgIpc) is 2.62. The maximum Gasteiger partial charge on any atom is 0.276 e. The lowest BCUT2D eigenvalue weighted by Crippen LogP contribution is -2.33. The quantitative estimate of drug-likeness (QED) is 0.829. The number of aryl methyl sites for hydroxylation is 1. The van der Waals surface area contributed by atoms with Gasteiger partial charge in [0.15, 0.2) is 0 Å². The first kappa shape index (κ1) is 19.6. The summed E-state index contributed by atoms with van der Waals surface area (Å²) < 4.78 is 0. The molecule has 0 fully saturated rings. The van der Waals surface area contributed by atoms with Crippen LogP contribution in [0.3, 0.4) is 0 Å². The molecule has 0 spiro atoms. The standard InChI is InChI=1S/C20H26N4O2/c1-5-24(17-8-6-7-15(2)13-17)20(26)18-14-16(9-10-21-18)19(25)22-11-12-23(3)4/h6-10,13-14H,5,11-12H2,1-4H3,(H,22,25). The van der Waals surface area contributed by atoms with Crippen LogP contribution in [0.4, 0.5) is 5.69 Å². The number of carbonyl (C=O) groups excluding carboxylic acids is 2. The molecule has 1 aromatic carbocycles. The molecular formula is C20H26N4O2. The second-order valence-corrected chi connectivity index (χ2v) is 6.38. The van der Waals surface area contributed by atoms with E-state index < -0.39 is 0 Å². The van der Waals surface area contributed by atoms with Gasteiger partial charge >= 0.3 is 0 Å². The van der Waals surface area contributed by atoms with Crippen LogP contribution < -0.4 is 10.2 Å². The summed E-state index contributed by atoms with van der Waals surface area (Å²) in [6, 6.07) is 10.9. The van der Waals surface area contributed by atoms with Crippen LogP contribution in [0.5, 0.6) is 0 Å². The molecule has 1 aromatic heterocycles. The summed E-state index contributed by atoms with van der Waals surface area (Å²) in [5.74, 6) is -0.428. The van der Waals surface area contributed by atoms with Crippen molar-refractivity contribution < 1.29 is 9.59 Å². The number of hydrogen-bond acceptors (Lipinski definition) is 4. The summed E-state index contributed by atoms with van der Waals surface area (Å²) in [6.07, 6.45) is 1.50. The summed E-state index contributed by atoms with van der Waals surface area (Å²) in [4.78, 5) is 33.0. The van der Waals surface area contributed by atoms with Gasteiger partial charge in [0, 0.05) is 37.1 Å². The maximum atomic E-state index is 12.9. The van der Waals surface area contributed by atoms with E-state index in [1.807, 2.05) is 57.1 Å². The minimum atomic E-state index is -0.221. The largest absolute Gasteiger partial charge is 0.351 e. The van der Waals surface area contributed by atoms with Crippen molar-refractivity contribution in [3.63, 3.8) is 0 Å². The molecule has 0 atom stereocenters. The molecule has 1 heterocycles. The zero-order chi connectivity index (χ0) is 19.1. The van der Waals surface area contributed by atoms with E-state index >= 15 is 0 Å². The molecule has 0 unspecified atom stereocenters. The summed E-state index contributed by atoms with van der Waals surface area (Å²) in [7, 11) is 3.89. The van der Waals surface area contributed by atoms with Gasteiger partial charge in [0.1, 0.15) is 5.69 Å². The molecule has 26 heavy (non-hydrogen) atoms. The minimum absolute atomic E-state index is 0.207. The molecule has 2 aromatic rings. The molecule has 2 amide bonds. The molecule has 2 rings (SSSR count). The fourth-order valence-corrected chi connectivity index (χ4v) is 2.56. The summed E-state index contributed by atoms with van der Waals surface area (Å²) in [6.45, 7) is 5.71. The topological polar surface area (TPSA) is 65.5 Å². The van der Waals surface area contributed by atoms with Gasteiger partial charge in [-0.15, -0.1) is 0 Å². The smallest absolute Gasteiger partial charge is 0.276 e. The van der Waals surface area contributed by atoms with Crippen molar-refractivity contribution in [2.75, 3.05) is 38.6 Å². The van der Waals surface area contributed by atoms with E-state index in [2.05, 4.69) is 10.3 Å². The van der Waals surface area contributed by atoms with E-state index in [0.717, 1.165) is 17.8 Å². The van der Waals surface area contributed by atoms with Gasteiger partial charge in [-0.3, -0.25) is 14.6 Å². The van der Waals surface area contributed by atoms with Crippen molar-refractivity contribution in [3.8, 4) is 0 Å². The van der Waals surface area contributed by atoms with Gasteiger partial charge in [0.2, 0.25) is 0 Å². The van der Waals surface area contributed by atoms with Crippen molar-refractivity contribution in [3.05, 3.63) is 59.4 Å². The first-order valence-electron chi connectivity index (χ1n) is 8.70. The first-order chi connectivity index (χ1) is 12.4. The van der Waals surface area contributed by atoms with Crippen LogP contribution in [0.25, 0.3) is 0 Å². The van der Waals surface area contributed by atoms with Crippen LogP contribution in [0.2, 0.25) is 0 Å². The molecule has 6 heteroatoms. The highest BCUT2D eigenvalue weighted by Crippen LogP contribution is 2.18. The van der Waals surface area contributed by atoms with Crippen molar-refractivity contribution in [2.45, 2.75) is 13.8 Å².